The van der Waals surface area contributed by atoms with Crippen LogP contribution in [0.1, 0.15) is 12.5 Å². The van der Waals surface area contributed by atoms with Gasteiger partial charge in [0.15, 0.2) is 0 Å². The Hall–Kier alpha value is -1.84. The smallest absolute Gasteiger partial charge is 0.227 e. The molecule has 2 aromatic rings. The first kappa shape index (κ1) is 11.3. The Morgan fingerprint density at radius 3 is 3.00 bits per heavy atom. The minimum absolute atomic E-state index is 0.0844. The summed E-state index contributed by atoms with van der Waals surface area (Å²) in [4.78, 5) is 16.8. The zero-order chi connectivity index (χ0) is 12.7. The fourth-order valence-electron chi connectivity index (χ4n) is 2.53. The number of likely N-dealkylation sites (tertiary alicyclic amines) is 1. The van der Waals surface area contributed by atoms with E-state index in [1.165, 1.54) is 12.1 Å². The molecule has 0 saturated carbocycles. The average molecular weight is 246 g/mol. The van der Waals surface area contributed by atoms with Crippen LogP contribution in [0, 0.1) is 11.7 Å². The highest BCUT2D eigenvalue weighted by molar-refractivity contribution is 5.89. The highest BCUT2D eigenvalue weighted by Crippen LogP contribution is 2.22. The van der Waals surface area contributed by atoms with Crippen LogP contribution in [0.3, 0.4) is 0 Å². The number of H-pyrrole nitrogens is 1. The van der Waals surface area contributed by atoms with Gasteiger partial charge in [-0.3, -0.25) is 4.79 Å². The number of rotatable bonds is 2. The van der Waals surface area contributed by atoms with Crippen LogP contribution >= 0.6 is 0 Å². The maximum Gasteiger partial charge on any atom is 0.227 e. The van der Waals surface area contributed by atoms with Crippen LogP contribution in [0.2, 0.25) is 0 Å². The van der Waals surface area contributed by atoms with Crippen LogP contribution in [0.5, 0.6) is 0 Å². The first-order chi connectivity index (χ1) is 8.63. The van der Waals surface area contributed by atoms with Gasteiger partial charge in [0.25, 0.3) is 0 Å². The summed E-state index contributed by atoms with van der Waals surface area (Å²) in [5.74, 6) is 0.375. The van der Waals surface area contributed by atoms with Gasteiger partial charge in [-0.2, -0.15) is 0 Å². The van der Waals surface area contributed by atoms with Crippen molar-refractivity contribution in [1.29, 1.82) is 0 Å². The van der Waals surface area contributed by atoms with Crippen molar-refractivity contribution >= 4 is 16.8 Å². The van der Waals surface area contributed by atoms with Crippen molar-refractivity contribution in [2.24, 2.45) is 5.92 Å². The first-order valence-corrected chi connectivity index (χ1v) is 6.17. The molecule has 0 atom stereocenters. The third-order valence-electron chi connectivity index (χ3n) is 3.48. The molecule has 2 heterocycles. The highest BCUT2D eigenvalue weighted by atomic mass is 19.1. The molecule has 1 aliphatic heterocycles. The van der Waals surface area contributed by atoms with Crippen LogP contribution in [-0.2, 0) is 11.2 Å². The van der Waals surface area contributed by atoms with Gasteiger partial charge in [0, 0.05) is 30.2 Å². The van der Waals surface area contributed by atoms with E-state index in [1.54, 1.807) is 6.20 Å². The van der Waals surface area contributed by atoms with E-state index in [9.17, 15) is 9.18 Å². The molecule has 1 amide bonds. The maximum absolute atomic E-state index is 13.4. The fraction of sp³-hybridized carbons (Fsp3) is 0.357. The van der Waals surface area contributed by atoms with Gasteiger partial charge in [0.1, 0.15) is 5.82 Å². The molecule has 4 heteroatoms. The van der Waals surface area contributed by atoms with Crippen molar-refractivity contribution in [1.82, 2.24) is 9.88 Å². The number of hydrogen-bond acceptors (Lipinski definition) is 1. The lowest BCUT2D eigenvalue weighted by atomic mass is 10.00. The number of aromatic nitrogens is 1. The molecule has 3 rings (SSSR count). The van der Waals surface area contributed by atoms with Crippen molar-refractivity contribution in [3.63, 3.8) is 0 Å². The second-order valence-corrected chi connectivity index (χ2v) is 5.08. The molecule has 1 aromatic carbocycles. The topological polar surface area (TPSA) is 36.1 Å². The second-order valence-electron chi connectivity index (χ2n) is 5.08. The van der Waals surface area contributed by atoms with Crippen molar-refractivity contribution in [2.75, 3.05) is 13.1 Å². The SMILES string of the molecule is CC1CN(C(=O)Cc2cc(F)cc3[nH]ccc23)C1. The Kier molecular flexibility index (Phi) is 2.58. The van der Waals surface area contributed by atoms with E-state index >= 15 is 0 Å². The number of amides is 1. The number of fused-ring (bicyclic) bond motifs is 1. The largest absolute Gasteiger partial charge is 0.361 e. The molecular formula is C14H15FN2O. The summed E-state index contributed by atoms with van der Waals surface area (Å²) >= 11 is 0. The molecule has 0 unspecified atom stereocenters. The minimum atomic E-state index is -0.301. The molecule has 1 aliphatic rings. The number of benzene rings is 1. The standard InChI is InChI=1S/C14H15FN2O/c1-9-7-17(8-9)14(18)5-10-4-11(15)6-13-12(10)2-3-16-13/h2-4,6,9,16H,5,7-8H2,1H3. The van der Waals surface area contributed by atoms with Crippen molar-refractivity contribution in [3.05, 3.63) is 35.8 Å². The van der Waals surface area contributed by atoms with Crippen LogP contribution in [-0.4, -0.2) is 28.9 Å². The molecule has 1 N–H and O–H groups in total. The van der Waals surface area contributed by atoms with Crippen molar-refractivity contribution < 1.29 is 9.18 Å². The number of nitrogens with zero attached hydrogens (tertiary/aromatic N) is 1. The quantitative estimate of drug-likeness (QED) is 0.867. The molecule has 0 spiro atoms. The minimum Gasteiger partial charge on any atom is -0.361 e. The molecule has 1 fully saturated rings. The number of carbonyl (C=O) groups excluding carboxylic acids is 1. The summed E-state index contributed by atoms with van der Waals surface area (Å²) in [6.45, 7) is 3.77. The number of nitrogens with one attached hydrogen (secondary N) is 1. The third kappa shape index (κ3) is 1.88. The maximum atomic E-state index is 13.4. The third-order valence-corrected chi connectivity index (χ3v) is 3.48. The molecule has 0 aliphatic carbocycles. The Morgan fingerprint density at radius 1 is 1.50 bits per heavy atom. The number of carbonyl (C=O) groups is 1. The van der Waals surface area contributed by atoms with Crippen LogP contribution < -0.4 is 0 Å². The molecule has 94 valence electrons. The second kappa shape index (κ2) is 4.12. The number of halogens is 1. The molecule has 0 bridgehead atoms. The Morgan fingerprint density at radius 2 is 2.28 bits per heavy atom. The lowest BCUT2D eigenvalue weighted by Gasteiger charge is -2.37. The van der Waals surface area contributed by atoms with Crippen LogP contribution in [0.15, 0.2) is 24.4 Å². The summed E-state index contributed by atoms with van der Waals surface area (Å²) in [6, 6.07) is 4.79. The van der Waals surface area contributed by atoms with Crippen LogP contribution in [0.25, 0.3) is 10.9 Å². The van der Waals surface area contributed by atoms with Gasteiger partial charge < -0.3 is 9.88 Å². The fourth-order valence-corrected chi connectivity index (χ4v) is 2.53. The summed E-state index contributed by atoms with van der Waals surface area (Å²) in [6.07, 6.45) is 2.04. The van der Waals surface area contributed by atoms with E-state index in [-0.39, 0.29) is 18.1 Å². The zero-order valence-corrected chi connectivity index (χ0v) is 10.2. The number of hydrogen-bond donors (Lipinski definition) is 1. The summed E-state index contributed by atoms with van der Waals surface area (Å²) in [5.41, 5.74) is 1.51. The van der Waals surface area contributed by atoms with E-state index in [0.717, 1.165) is 29.6 Å². The first-order valence-electron chi connectivity index (χ1n) is 6.17. The van der Waals surface area contributed by atoms with Crippen molar-refractivity contribution in [2.45, 2.75) is 13.3 Å². The van der Waals surface area contributed by atoms with Crippen LogP contribution in [0.4, 0.5) is 4.39 Å². The predicted molar refractivity (Wildman–Crippen MR) is 67.7 cm³/mol. The molecule has 1 saturated heterocycles. The summed E-state index contributed by atoms with van der Waals surface area (Å²) in [7, 11) is 0. The van der Waals surface area contributed by atoms with E-state index in [0.29, 0.717) is 5.92 Å². The van der Waals surface area contributed by atoms with Gasteiger partial charge in [0.2, 0.25) is 5.91 Å². The number of aromatic amines is 1. The predicted octanol–water partition coefficient (Wildman–Crippen LogP) is 2.33. The summed E-state index contributed by atoms with van der Waals surface area (Å²) in [5, 5.41) is 0.929. The van der Waals surface area contributed by atoms with Gasteiger partial charge in [-0.1, -0.05) is 6.92 Å². The van der Waals surface area contributed by atoms with Gasteiger partial charge in [-0.05, 0) is 29.7 Å². The normalized spacial score (nSPS) is 16.0. The Balaban J connectivity index is 1.85. The molecule has 18 heavy (non-hydrogen) atoms. The molecule has 0 radical (unpaired) electrons. The van der Waals surface area contributed by atoms with E-state index in [1.807, 2.05) is 11.0 Å². The lowest BCUT2D eigenvalue weighted by Crippen LogP contribution is -2.49. The van der Waals surface area contributed by atoms with Gasteiger partial charge in [0.05, 0.1) is 6.42 Å². The zero-order valence-electron chi connectivity index (χ0n) is 10.2. The van der Waals surface area contributed by atoms with E-state index in [4.69, 9.17) is 0 Å². The van der Waals surface area contributed by atoms with Gasteiger partial charge in [-0.25, -0.2) is 4.39 Å². The van der Waals surface area contributed by atoms with Crippen molar-refractivity contribution in [3.8, 4) is 0 Å². The highest BCUT2D eigenvalue weighted by Gasteiger charge is 2.27. The van der Waals surface area contributed by atoms with Gasteiger partial charge >= 0.3 is 0 Å². The Bertz CT molecular complexity index is 599. The Labute approximate surface area is 105 Å². The molecule has 1 aromatic heterocycles. The summed E-state index contributed by atoms with van der Waals surface area (Å²) < 4.78 is 13.4. The average Bonchev–Trinajstić information content (AvgIpc) is 2.72. The van der Waals surface area contributed by atoms with Gasteiger partial charge in [-0.15, -0.1) is 0 Å². The monoisotopic (exact) mass is 246 g/mol. The molecule has 3 nitrogen and oxygen atoms in total. The lowest BCUT2D eigenvalue weighted by molar-refractivity contribution is -0.136. The van der Waals surface area contributed by atoms with E-state index < -0.39 is 0 Å². The van der Waals surface area contributed by atoms with E-state index in [2.05, 4.69) is 11.9 Å². The molecular weight excluding hydrogens is 231 g/mol.